The van der Waals surface area contributed by atoms with Crippen LogP contribution in [0.15, 0.2) is 0 Å². The molecular formula is C19H34N2O2. The first-order valence-corrected chi connectivity index (χ1v) is 9.75. The van der Waals surface area contributed by atoms with Gasteiger partial charge in [0.1, 0.15) is 0 Å². The Morgan fingerprint density at radius 2 is 1.96 bits per heavy atom. The van der Waals surface area contributed by atoms with Gasteiger partial charge in [0.05, 0.1) is 19.1 Å². The molecule has 0 aromatic carbocycles. The van der Waals surface area contributed by atoms with Crippen LogP contribution in [-0.2, 0) is 9.53 Å². The molecule has 0 spiro atoms. The van der Waals surface area contributed by atoms with Crippen molar-refractivity contribution in [2.24, 2.45) is 17.8 Å². The van der Waals surface area contributed by atoms with Crippen molar-refractivity contribution in [1.29, 1.82) is 0 Å². The maximum Gasteiger partial charge on any atom is 0.225 e. The fourth-order valence-corrected chi connectivity index (χ4v) is 4.46. The van der Waals surface area contributed by atoms with Gasteiger partial charge in [-0.1, -0.05) is 13.8 Å². The Morgan fingerprint density at radius 3 is 2.70 bits per heavy atom. The number of fused-ring (bicyclic) bond motifs is 1. The number of ether oxygens (including phenoxy) is 1. The molecule has 23 heavy (non-hydrogen) atoms. The summed E-state index contributed by atoms with van der Waals surface area (Å²) < 4.78 is 6.06. The fourth-order valence-electron chi connectivity index (χ4n) is 4.46. The number of hydrogen-bond acceptors (Lipinski definition) is 3. The second kappa shape index (κ2) is 7.98. The quantitative estimate of drug-likeness (QED) is 0.780. The molecule has 0 aromatic heterocycles. The van der Waals surface area contributed by atoms with Gasteiger partial charge in [-0.2, -0.15) is 0 Å². The highest BCUT2D eigenvalue weighted by atomic mass is 16.5. The molecule has 3 rings (SSSR count). The SMILES string of the molecule is CC(C)CCN1CC[C@@H]2[C@@H](CO[C@H]2CC(=O)N2CCCCC2)C1. The minimum Gasteiger partial charge on any atom is -0.377 e. The van der Waals surface area contributed by atoms with Crippen LogP contribution in [-0.4, -0.2) is 61.1 Å². The summed E-state index contributed by atoms with van der Waals surface area (Å²) in [4.78, 5) is 17.2. The summed E-state index contributed by atoms with van der Waals surface area (Å²) >= 11 is 0. The molecule has 0 saturated carbocycles. The normalized spacial score (nSPS) is 32.3. The Balaban J connectivity index is 1.46. The molecule has 0 bridgehead atoms. The largest absolute Gasteiger partial charge is 0.377 e. The second-order valence-corrected chi connectivity index (χ2v) is 8.21. The number of piperidine rings is 2. The maximum absolute atomic E-state index is 12.5. The molecule has 3 aliphatic rings. The van der Waals surface area contributed by atoms with Crippen molar-refractivity contribution in [3.63, 3.8) is 0 Å². The lowest BCUT2D eigenvalue weighted by Gasteiger charge is -2.36. The number of nitrogens with zero attached hydrogens (tertiary/aromatic N) is 2. The molecule has 3 aliphatic heterocycles. The molecule has 1 amide bonds. The second-order valence-electron chi connectivity index (χ2n) is 8.21. The van der Waals surface area contributed by atoms with E-state index in [2.05, 4.69) is 23.6 Å². The number of carbonyl (C=O) groups is 1. The predicted molar refractivity (Wildman–Crippen MR) is 92.3 cm³/mol. The average molecular weight is 322 g/mol. The summed E-state index contributed by atoms with van der Waals surface area (Å²) in [5.74, 6) is 2.37. The van der Waals surface area contributed by atoms with Gasteiger partial charge in [0.2, 0.25) is 5.91 Å². The minimum absolute atomic E-state index is 0.182. The van der Waals surface area contributed by atoms with Crippen LogP contribution in [0.1, 0.15) is 52.4 Å². The predicted octanol–water partition coefficient (Wildman–Crippen LogP) is 2.77. The van der Waals surface area contributed by atoms with Crippen LogP contribution < -0.4 is 0 Å². The van der Waals surface area contributed by atoms with E-state index in [4.69, 9.17) is 4.74 Å². The summed E-state index contributed by atoms with van der Waals surface area (Å²) in [5.41, 5.74) is 0. The molecule has 132 valence electrons. The zero-order chi connectivity index (χ0) is 16.2. The molecular weight excluding hydrogens is 288 g/mol. The van der Waals surface area contributed by atoms with E-state index in [1.54, 1.807) is 0 Å². The van der Waals surface area contributed by atoms with E-state index in [9.17, 15) is 4.79 Å². The minimum atomic E-state index is 0.182. The van der Waals surface area contributed by atoms with Crippen molar-refractivity contribution in [2.75, 3.05) is 39.3 Å². The van der Waals surface area contributed by atoms with Gasteiger partial charge in [0, 0.05) is 25.6 Å². The van der Waals surface area contributed by atoms with Crippen LogP contribution in [0.2, 0.25) is 0 Å². The Labute approximate surface area is 141 Å². The molecule has 3 saturated heterocycles. The van der Waals surface area contributed by atoms with Crippen molar-refractivity contribution < 1.29 is 9.53 Å². The molecule has 3 fully saturated rings. The van der Waals surface area contributed by atoms with Crippen LogP contribution in [0.3, 0.4) is 0 Å². The Hall–Kier alpha value is -0.610. The standard InChI is InChI=1S/C19H34N2O2/c1-15(2)6-10-20-11-7-17-16(13-20)14-23-18(17)12-19(22)21-8-4-3-5-9-21/h15-18H,3-14H2,1-2H3/t16-,17-,18+/m1/s1. The lowest BCUT2D eigenvalue weighted by atomic mass is 9.83. The third kappa shape index (κ3) is 4.48. The van der Waals surface area contributed by atoms with Crippen molar-refractivity contribution in [1.82, 2.24) is 9.80 Å². The zero-order valence-corrected chi connectivity index (χ0v) is 15.0. The van der Waals surface area contributed by atoms with Gasteiger partial charge in [0.25, 0.3) is 0 Å². The first kappa shape index (κ1) is 17.2. The van der Waals surface area contributed by atoms with E-state index >= 15 is 0 Å². The summed E-state index contributed by atoms with van der Waals surface area (Å²) in [6.07, 6.45) is 6.92. The van der Waals surface area contributed by atoms with Gasteiger partial charge in [-0.05, 0) is 57.0 Å². The molecule has 0 radical (unpaired) electrons. The fraction of sp³-hybridized carbons (Fsp3) is 0.947. The highest BCUT2D eigenvalue weighted by Gasteiger charge is 2.41. The van der Waals surface area contributed by atoms with E-state index in [0.717, 1.165) is 25.6 Å². The number of rotatable bonds is 5. The summed E-state index contributed by atoms with van der Waals surface area (Å²) in [6.45, 7) is 11.0. The van der Waals surface area contributed by atoms with E-state index in [1.807, 2.05) is 0 Å². The van der Waals surface area contributed by atoms with Crippen molar-refractivity contribution in [3.8, 4) is 0 Å². The highest BCUT2D eigenvalue weighted by molar-refractivity contribution is 5.76. The number of carbonyl (C=O) groups excluding carboxylic acids is 1. The van der Waals surface area contributed by atoms with Gasteiger partial charge in [-0.3, -0.25) is 4.79 Å². The number of amides is 1. The lowest BCUT2D eigenvalue weighted by Crippen LogP contribution is -2.43. The number of likely N-dealkylation sites (tertiary alicyclic amines) is 2. The number of hydrogen-bond donors (Lipinski definition) is 0. The van der Waals surface area contributed by atoms with Crippen LogP contribution in [0.4, 0.5) is 0 Å². The van der Waals surface area contributed by atoms with Crippen LogP contribution in [0.5, 0.6) is 0 Å². The van der Waals surface area contributed by atoms with Crippen molar-refractivity contribution in [2.45, 2.75) is 58.5 Å². The summed E-state index contributed by atoms with van der Waals surface area (Å²) in [5, 5.41) is 0. The first-order chi connectivity index (χ1) is 11.1. The Bertz CT molecular complexity index is 393. The Kier molecular flexibility index (Phi) is 5.97. The summed E-state index contributed by atoms with van der Waals surface area (Å²) in [6, 6.07) is 0. The maximum atomic E-state index is 12.5. The summed E-state index contributed by atoms with van der Waals surface area (Å²) in [7, 11) is 0. The van der Waals surface area contributed by atoms with Crippen molar-refractivity contribution >= 4 is 5.91 Å². The van der Waals surface area contributed by atoms with E-state index in [0.29, 0.717) is 24.2 Å². The third-order valence-electron chi connectivity index (χ3n) is 5.99. The van der Waals surface area contributed by atoms with Crippen LogP contribution in [0, 0.1) is 17.8 Å². The third-order valence-corrected chi connectivity index (χ3v) is 5.99. The zero-order valence-electron chi connectivity index (χ0n) is 15.0. The Morgan fingerprint density at radius 1 is 1.17 bits per heavy atom. The van der Waals surface area contributed by atoms with Crippen LogP contribution in [0.25, 0.3) is 0 Å². The molecule has 3 atom stereocenters. The lowest BCUT2D eigenvalue weighted by molar-refractivity contribution is -0.134. The van der Waals surface area contributed by atoms with E-state index in [1.165, 1.54) is 51.7 Å². The first-order valence-electron chi connectivity index (χ1n) is 9.75. The monoisotopic (exact) mass is 322 g/mol. The molecule has 3 heterocycles. The van der Waals surface area contributed by atoms with Gasteiger partial charge in [-0.25, -0.2) is 0 Å². The van der Waals surface area contributed by atoms with Crippen LogP contribution >= 0.6 is 0 Å². The molecule has 0 aliphatic carbocycles. The van der Waals surface area contributed by atoms with Crippen molar-refractivity contribution in [3.05, 3.63) is 0 Å². The van der Waals surface area contributed by atoms with Gasteiger partial charge < -0.3 is 14.5 Å². The highest BCUT2D eigenvalue weighted by Crippen LogP contribution is 2.36. The molecule has 0 aromatic rings. The molecule has 4 nitrogen and oxygen atoms in total. The van der Waals surface area contributed by atoms with E-state index in [-0.39, 0.29) is 6.10 Å². The topological polar surface area (TPSA) is 32.8 Å². The average Bonchev–Trinajstić information content (AvgIpc) is 2.96. The molecule has 0 N–H and O–H groups in total. The van der Waals surface area contributed by atoms with E-state index < -0.39 is 0 Å². The smallest absolute Gasteiger partial charge is 0.225 e. The van der Waals surface area contributed by atoms with Gasteiger partial charge >= 0.3 is 0 Å². The van der Waals surface area contributed by atoms with Gasteiger partial charge in [-0.15, -0.1) is 0 Å². The van der Waals surface area contributed by atoms with Gasteiger partial charge in [0.15, 0.2) is 0 Å². The molecule has 0 unspecified atom stereocenters. The molecule has 4 heteroatoms.